The summed E-state index contributed by atoms with van der Waals surface area (Å²) in [5.41, 5.74) is 7.02. The minimum Gasteiger partial charge on any atom is -0.318 e. The van der Waals surface area contributed by atoms with Crippen LogP contribution in [0.2, 0.25) is 0 Å². The van der Waals surface area contributed by atoms with Gasteiger partial charge in [0, 0.05) is 34.1 Å². The fraction of sp³-hybridized carbons (Fsp3) is 0.143. The molecular formula is C21H20N4O3. The molecule has 1 N–H and O–H groups in total. The fourth-order valence-corrected chi connectivity index (χ4v) is 3.06. The predicted octanol–water partition coefficient (Wildman–Crippen LogP) is 4.07. The van der Waals surface area contributed by atoms with Crippen molar-refractivity contribution in [2.24, 2.45) is 5.10 Å². The summed E-state index contributed by atoms with van der Waals surface area (Å²) in [4.78, 5) is 22.9. The molecule has 7 heteroatoms. The van der Waals surface area contributed by atoms with E-state index in [1.54, 1.807) is 49.5 Å². The van der Waals surface area contributed by atoms with Crippen LogP contribution in [-0.4, -0.2) is 21.6 Å². The lowest BCUT2D eigenvalue weighted by molar-refractivity contribution is -0.385. The van der Waals surface area contributed by atoms with Crippen LogP contribution in [0.25, 0.3) is 5.69 Å². The van der Waals surface area contributed by atoms with Crippen molar-refractivity contribution in [2.45, 2.75) is 20.8 Å². The molecule has 0 fully saturated rings. The molecule has 0 bridgehead atoms. The number of nitro benzene ring substituents is 1. The number of nitro groups is 1. The quantitative estimate of drug-likeness (QED) is 0.413. The maximum absolute atomic E-state index is 12.1. The Labute approximate surface area is 162 Å². The first-order valence-corrected chi connectivity index (χ1v) is 8.71. The molecule has 0 aliphatic rings. The molecule has 0 aliphatic carbocycles. The van der Waals surface area contributed by atoms with Crippen LogP contribution < -0.4 is 5.43 Å². The lowest BCUT2D eigenvalue weighted by Crippen LogP contribution is -2.17. The van der Waals surface area contributed by atoms with Crippen LogP contribution in [0.3, 0.4) is 0 Å². The summed E-state index contributed by atoms with van der Waals surface area (Å²) in [6.45, 7) is 5.53. The molecule has 0 saturated carbocycles. The zero-order valence-electron chi connectivity index (χ0n) is 15.8. The highest BCUT2D eigenvalue weighted by molar-refractivity contribution is 5.94. The summed E-state index contributed by atoms with van der Waals surface area (Å²) in [6.07, 6.45) is 1.57. The summed E-state index contributed by atoms with van der Waals surface area (Å²) in [7, 11) is 0. The molecule has 2 aromatic carbocycles. The van der Waals surface area contributed by atoms with E-state index in [0.29, 0.717) is 16.8 Å². The number of nitrogens with zero attached hydrogens (tertiary/aromatic N) is 3. The van der Waals surface area contributed by atoms with Crippen molar-refractivity contribution in [3.63, 3.8) is 0 Å². The number of benzene rings is 2. The van der Waals surface area contributed by atoms with Gasteiger partial charge in [0.05, 0.1) is 16.8 Å². The molecule has 142 valence electrons. The maximum Gasteiger partial charge on any atom is 0.274 e. The van der Waals surface area contributed by atoms with E-state index in [-0.39, 0.29) is 16.5 Å². The number of amides is 1. The highest BCUT2D eigenvalue weighted by atomic mass is 16.6. The largest absolute Gasteiger partial charge is 0.318 e. The first-order valence-electron chi connectivity index (χ1n) is 8.71. The minimum absolute atomic E-state index is 0.0790. The van der Waals surface area contributed by atoms with Gasteiger partial charge in [0.1, 0.15) is 0 Å². The van der Waals surface area contributed by atoms with Crippen LogP contribution in [0.4, 0.5) is 5.69 Å². The second-order valence-electron chi connectivity index (χ2n) is 6.45. The Balaban J connectivity index is 1.85. The molecule has 0 spiro atoms. The van der Waals surface area contributed by atoms with Crippen LogP contribution in [0, 0.1) is 30.9 Å². The molecule has 0 saturated heterocycles. The standard InChI is InChI=1S/C21H20N4O3/c1-14-9-10-19(12-20(14)25(27)28)24-15(2)11-18(16(24)3)13-22-23-21(26)17-7-5-4-6-8-17/h4-13H,1-3H3,(H,23,26)/b22-13+. The highest BCUT2D eigenvalue weighted by Crippen LogP contribution is 2.25. The van der Waals surface area contributed by atoms with E-state index in [1.165, 1.54) is 0 Å². The number of hydrogen-bond acceptors (Lipinski definition) is 4. The summed E-state index contributed by atoms with van der Waals surface area (Å²) in [5, 5.41) is 15.3. The van der Waals surface area contributed by atoms with Crippen molar-refractivity contribution in [1.82, 2.24) is 9.99 Å². The molecule has 0 atom stereocenters. The van der Waals surface area contributed by atoms with Gasteiger partial charge in [-0.05, 0) is 45.0 Å². The van der Waals surface area contributed by atoms with Gasteiger partial charge in [-0.3, -0.25) is 14.9 Å². The highest BCUT2D eigenvalue weighted by Gasteiger charge is 2.15. The monoisotopic (exact) mass is 376 g/mol. The zero-order chi connectivity index (χ0) is 20.3. The SMILES string of the molecule is Cc1ccc(-n2c(C)cc(/C=N/NC(=O)c3ccccc3)c2C)cc1[N+](=O)[O-]. The van der Waals surface area contributed by atoms with Gasteiger partial charge in [-0.25, -0.2) is 5.43 Å². The normalized spacial score (nSPS) is 11.0. The van der Waals surface area contributed by atoms with Gasteiger partial charge in [0.25, 0.3) is 11.6 Å². The Morgan fingerprint density at radius 3 is 2.50 bits per heavy atom. The lowest BCUT2D eigenvalue weighted by atomic mass is 10.2. The third kappa shape index (κ3) is 3.83. The van der Waals surface area contributed by atoms with Crippen molar-refractivity contribution >= 4 is 17.8 Å². The van der Waals surface area contributed by atoms with Gasteiger partial charge >= 0.3 is 0 Å². The molecule has 3 aromatic rings. The Hall–Kier alpha value is -3.74. The Morgan fingerprint density at radius 1 is 1.11 bits per heavy atom. The van der Waals surface area contributed by atoms with Gasteiger partial charge in [-0.15, -0.1) is 0 Å². The molecule has 7 nitrogen and oxygen atoms in total. The second kappa shape index (κ2) is 7.87. The van der Waals surface area contributed by atoms with Crippen molar-refractivity contribution in [1.29, 1.82) is 0 Å². The van der Waals surface area contributed by atoms with Gasteiger partial charge in [-0.2, -0.15) is 5.10 Å². The number of carbonyl (C=O) groups excluding carboxylic acids is 1. The van der Waals surface area contributed by atoms with Crippen LogP contribution >= 0.6 is 0 Å². The van der Waals surface area contributed by atoms with E-state index in [0.717, 1.165) is 17.0 Å². The van der Waals surface area contributed by atoms with Gasteiger partial charge in [-0.1, -0.05) is 24.3 Å². The van der Waals surface area contributed by atoms with Crippen molar-refractivity contribution in [3.05, 3.63) is 92.8 Å². The number of hydrazone groups is 1. The molecular weight excluding hydrogens is 356 g/mol. The molecule has 0 aliphatic heterocycles. The maximum atomic E-state index is 12.1. The Bertz CT molecular complexity index is 1070. The molecule has 3 rings (SSSR count). The average molecular weight is 376 g/mol. The molecule has 1 heterocycles. The number of rotatable bonds is 5. The number of aryl methyl sites for hydroxylation is 2. The summed E-state index contributed by atoms with van der Waals surface area (Å²) < 4.78 is 1.92. The summed E-state index contributed by atoms with van der Waals surface area (Å²) in [6, 6.07) is 15.9. The van der Waals surface area contributed by atoms with Crippen LogP contribution in [0.15, 0.2) is 59.7 Å². The Kier molecular flexibility index (Phi) is 5.35. The van der Waals surface area contributed by atoms with E-state index in [1.807, 2.05) is 36.6 Å². The van der Waals surface area contributed by atoms with Gasteiger partial charge in [0.2, 0.25) is 0 Å². The second-order valence-corrected chi connectivity index (χ2v) is 6.45. The summed E-state index contributed by atoms with van der Waals surface area (Å²) in [5.74, 6) is -0.292. The number of nitrogens with one attached hydrogen (secondary N) is 1. The van der Waals surface area contributed by atoms with E-state index in [4.69, 9.17) is 0 Å². The summed E-state index contributed by atoms with van der Waals surface area (Å²) >= 11 is 0. The molecule has 28 heavy (non-hydrogen) atoms. The molecule has 0 radical (unpaired) electrons. The molecule has 1 aromatic heterocycles. The number of hydrogen-bond donors (Lipinski definition) is 1. The lowest BCUT2D eigenvalue weighted by Gasteiger charge is -2.10. The van der Waals surface area contributed by atoms with Crippen molar-refractivity contribution in [3.8, 4) is 5.69 Å². The van der Waals surface area contributed by atoms with E-state index in [9.17, 15) is 14.9 Å². The average Bonchev–Trinajstić information content (AvgIpc) is 2.96. The van der Waals surface area contributed by atoms with Crippen LogP contribution in [0.5, 0.6) is 0 Å². The van der Waals surface area contributed by atoms with Gasteiger partial charge in [0.15, 0.2) is 0 Å². The topological polar surface area (TPSA) is 89.5 Å². The van der Waals surface area contributed by atoms with E-state index in [2.05, 4.69) is 10.5 Å². The smallest absolute Gasteiger partial charge is 0.274 e. The van der Waals surface area contributed by atoms with Crippen LogP contribution in [-0.2, 0) is 0 Å². The third-order valence-corrected chi connectivity index (χ3v) is 4.52. The third-order valence-electron chi connectivity index (χ3n) is 4.52. The van der Waals surface area contributed by atoms with E-state index < -0.39 is 0 Å². The minimum atomic E-state index is -0.380. The first-order chi connectivity index (χ1) is 13.4. The zero-order valence-corrected chi connectivity index (χ0v) is 15.8. The van der Waals surface area contributed by atoms with Crippen molar-refractivity contribution in [2.75, 3.05) is 0 Å². The predicted molar refractivity (Wildman–Crippen MR) is 108 cm³/mol. The number of aromatic nitrogens is 1. The number of carbonyl (C=O) groups is 1. The van der Waals surface area contributed by atoms with Crippen molar-refractivity contribution < 1.29 is 9.72 Å². The van der Waals surface area contributed by atoms with Crippen LogP contribution in [0.1, 0.15) is 32.9 Å². The van der Waals surface area contributed by atoms with E-state index >= 15 is 0 Å². The Morgan fingerprint density at radius 2 is 1.82 bits per heavy atom. The van der Waals surface area contributed by atoms with Gasteiger partial charge < -0.3 is 4.57 Å². The molecule has 0 unspecified atom stereocenters. The fourth-order valence-electron chi connectivity index (χ4n) is 3.06. The first kappa shape index (κ1) is 19.0. The molecule has 1 amide bonds.